The van der Waals surface area contributed by atoms with E-state index in [-0.39, 0.29) is 5.82 Å². The highest BCUT2D eigenvalue weighted by atomic mass is 19.1. The van der Waals surface area contributed by atoms with Gasteiger partial charge in [0.1, 0.15) is 5.82 Å². The van der Waals surface area contributed by atoms with Gasteiger partial charge in [0.05, 0.1) is 5.52 Å². The number of H-pyrrole nitrogens is 1. The number of hydrogen-bond donors (Lipinski definition) is 1. The van der Waals surface area contributed by atoms with Gasteiger partial charge in [0, 0.05) is 37.8 Å². The molecule has 4 heteroatoms. The van der Waals surface area contributed by atoms with Gasteiger partial charge in [-0.2, -0.15) is 0 Å². The topological polar surface area (TPSA) is 22.3 Å². The first-order chi connectivity index (χ1) is 9.74. The molecule has 1 fully saturated rings. The number of rotatable bonds is 4. The number of nitrogens with one attached hydrogen (secondary N) is 1. The quantitative estimate of drug-likeness (QED) is 0.926. The average Bonchev–Trinajstić information content (AvgIpc) is 2.94. The Morgan fingerprint density at radius 3 is 2.75 bits per heavy atom. The Hall–Kier alpha value is -1.39. The van der Waals surface area contributed by atoms with Gasteiger partial charge in [-0.1, -0.05) is 6.07 Å². The molecule has 0 unspecified atom stereocenters. The van der Waals surface area contributed by atoms with Gasteiger partial charge in [-0.3, -0.25) is 0 Å². The summed E-state index contributed by atoms with van der Waals surface area (Å²) >= 11 is 0. The molecule has 0 radical (unpaired) electrons. The second-order valence-corrected chi connectivity index (χ2v) is 5.72. The Labute approximate surface area is 119 Å². The minimum absolute atomic E-state index is 0.135. The monoisotopic (exact) mass is 275 g/mol. The zero-order valence-electron chi connectivity index (χ0n) is 12.0. The lowest BCUT2D eigenvalue weighted by Crippen LogP contribution is -2.44. The largest absolute Gasteiger partial charge is 0.361 e. The van der Waals surface area contributed by atoms with Crippen LogP contribution in [0.4, 0.5) is 4.39 Å². The Morgan fingerprint density at radius 1 is 1.15 bits per heavy atom. The predicted molar refractivity (Wildman–Crippen MR) is 80.5 cm³/mol. The molecule has 1 aliphatic rings. The second-order valence-electron chi connectivity index (χ2n) is 5.72. The fourth-order valence-corrected chi connectivity index (χ4v) is 2.95. The van der Waals surface area contributed by atoms with E-state index in [1.807, 2.05) is 18.3 Å². The number of nitrogens with zero attached hydrogens (tertiary/aromatic N) is 2. The summed E-state index contributed by atoms with van der Waals surface area (Å²) in [4.78, 5) is 8.06. The Morgan fingerprint density at radius 2 is 1.95 bits per heavy atom. The highest BCUT2D eigenvalue weighted by molar-refractivity contribution is 5.83. The van der Waals surface area contributed by atoms with Crippen LogP contribution in [0, 0.1) is 5.82 Å². The summed E-state index contributed by atoms with van der Waals surface area (Å²) in [7, 11) is 2.18. The molecule has 3 rings (SSSR count). The standard InChI is InChI=1S/C16H22FN3/c1-19-9-11-20(12-10-19)8-2-3-13-4-5-15(17)14-6-7-18-16(13)14/h4-7,18H,2-3,8-12H2,1H3. The number of aromatic nitrogens is 1. The van der Waals surface area contributed by atoms with Gasteiger partial charge in [-0.05, 0) is 44.1 Å². The molecule has 0 atom stereocenters. The number of benzene rings is 1. The lowest BCUT2D eigenvalue weighted by atomic mass is 10.1. The smallest absolute Gasteiger partial charge is 0.132 e. The summed E-state index contributed by atoms with van der Waals surface area (Å²) in [6.45, 7) is 5.79. The third-order valence-electron chi connectivity index (χ3n) is 4.27. The number of aryl methyl sites for hydroxylation is 1. The molecule has 108 valence electrons. The molecule has 2 heterocycles. The molecule has 0 saturated carbocycles. The van der Waals surface area contributed by atoms with Crippen LogP contribution in [0.1, 0.15) is 12.0 Å². The van der Waals surface area contributed by atoms with Crippen molar-refractivity contribution in [2.24, 2.45) is 0 Å². The van der Waals surface area contributed by atoms with E-state index in [2.05, 4.69) is 21.8 Å². The minimum atomic E-state index is -0.135. The third kappa shape index (κ3) is 2.86. The van der Waals surface area contributed by atoms with Gasteiger partial charge < -0.3 is 14.8 Å². The Bertz CT molecular complexity index is 570. The molecule has 0 aliphatic carbocycles. The average molecular weight is 275 g/mol. The molecule has 0 spiro atoms. The van der Waals surface area contributed by atoms with E-state index in [1.54, 1.807) is 6.07 Å². The van der Waals surface area contributed by atoms with Crippen LogP contribution in [0.25, 0.3) is 10.9 Å². The zero-order valence-corrected chi connectivity index (χ0v) is 12.0. The number of hydrogen-bond acceptors (Lipinski definition) is 2. The molecular weight excluding hydrogens is 253 g/mol. The number of fused-ring (bicyclic) bond motifs is 1. The molecule has 1 saturated heterocycles. The first-order valence-corrected chi connectivity index (χ1v) is 7.39. The Balaban J connectivity index is 1.57. The number of likely N-dealkylation sites (N-methyl/N-ethyl adjacent to an activating group) is 1. The summed E-state index contributed by atoms with van der Waals surface area (Å²) in [5.74, 6) is -0.135. The van der Waals surface area contributed by atoms with Crippen LogP contribution in [0.2, 0.25) is 0 Å². The van der Waals surface area contributed by atoms with Gasteiger partial charge in [-0.15, -0.1) is 0 Å². The van der Waals surface area contributed by atoms with Crippen LogP contribution in [0.5, 0.6) is 0 Å². The molecule has 1 aromatic heterocycles. The van der Waals surface area contributed by atoms with Crippen molar-refractivity contribution in [3.63, 3.8) is 0 Å². The fourth-order valence-electron chi connectivity index (χ4n) is 2.95. The van der Waals surface area contributed by atoms with Crippen molar-refractivity contribution in [2.75, 3.05) is 39.8 Å². The third-order valence-corrected chi connectivity index (χ3v) is 4.27. The van der Waals surface area contributed by atoms with E-state index < -0.39 is 0 Å². The van der Waals surface area contributed by atoms with Gasteiger partial charge in [0.2, 0.25) is 0 Å². The van der Waals surface area contributed by atoms with Crippen LogP contribution in [-0.2, 0) is 6.42 Å². The van der Waals surface area contributed by atoms with Crippen molar-refractivity contribution < 1.29 is 4.39 Å². The van der Waals surface area contributed by atoms with Crippen molar-refractivity contribution in [3.05, 3.63) is 35.8 Å². The van der Waals surface area contributed by atoms with Crippen LogP contribution >= 0.6 is 0 Å². The van der Waals surface area contributed by atoms with E-state index in [1.165, 1.54) is 5.56 Å². The summed E-state index contributed by atoms with van der Waals surface area (Å²) in [5.41, 5.74) is 2.18. The molecule has 1 aliphatic heterocycles. The van der Waals surface area contributed by atoms with Gasteiger partial charge in [0.25, 0.3) is 0 Å². The van der Waals surface area contributed by atoms with E-state index in [4.69, 9.17) is 0 Å². The molecule has 1 N–H and O–H groups in total. The van der Waals surface area contributed by atoms with E-state index in [0.717, 1.165) is 51.1 Å². The molecule has 3 nitrogen and oxygen atoms in total. The van der Waals surface area contributed by atoms with E-state index >= 15 is 0 Å². The molecule has 20 heavy (non-hydrogen) atoms. The maximum absolute atomic E-state index is 13.6. The van der Waals surface area contributed by atoms with Gasteiger partial charge >= 0.3 is 0 Å². The predicted octanol–water partition coefficient (Wildman–Crippen LogP) is 2.49. The summed E-state index contributed by atoms with van der Waals surface area (Å²) < 4.78 is 13.6. The first kappa shape index (κ1) is 13.6. The van der Waals surface area contributed by atoms with Crippen molar-refractivity contribution >= 4 is 10.9 Å². The van der Waals surface area contributed by atoms with Crippen LogP contribution in [0.3, 0.4) is 0 Å². The Kier molecular flexibility index (Phi) is 4.03. The molecule has 1 aromatic carbocycles. The lowest BCUT2D eigenvalue weighted by Gasteiger charge is -2.32. The summed E-state index contributed by atoms with van der Waals surface area (Å²) in [5, 5.41) is 0.710. The van der Waals surface area contributed by atoms with Crippen LogP contribution in [-0.4, -0.2) is 54.6 Å². The number of halogens is 1. The van der Waals surface area contributed by atoms with E-state index in [9.17, 15) is 4.39 Å². The van der Waals surface area contributed by atoms with Gasteiger partial charge in [-0.25, -0.2) is 4.39 Å². The highest BCUT2D eigenvalue weighted by Crippen LogP contribution is 2.21. The first-order valence-electron chi connectivity index (χ1n) is 7.39. The van der Waals surface area contributed by atoms with Crippen molar-refractivity contribution in [1.29, 1.82) is 0 Å². The number of piperazine rings is 1. The summed E-state index contributed by atoms with van der Waals surface area (Å²) in [6, 6.07) is 5.31. The maximum atomic E-state index is 13.6. The normalized spacial score (nSPS) is 17.9. The molecule has 0 amide bonds. The SMILES string of the molecule is CN1CCN(CCCc2ccc(F)c3cc[nH]c23)CC1. The molecule has 2 aromatic rings. The lowest BCUT2D eigenvalue weighted by molar-refractivity contribution is 0.153. The summed E-state index contributed by atoms with van der Waals surface area (Å²) in [6.07, 6.45) is 3.95. The van der Waals surface area contributed by atoms with Crippen molar-refractivity contribution in [3.8, 4) is 0 Å². The number of aromatic amines is 1. The minimum Gasteiger partial charge on any atom is -0.361 e. The van der Waals surface area contributed by atoms with Gasteiger partial charge in [0.15, 0.2) is 0 Å². The second kappa shape index (κ2) is 5.94. The maximum Gasteiger partial charge on any atom is 0.132 e. The molecular formula is C16H22FN3. The highest BCUT2D eigenvalue weighted by Gasteiger charge is 2.13. The van der Waals surface area contributed by atoms with Crippen LogP contribution < -0.4 is 0 Å². The van der Waals surface area contributed by atoms with E-state index in [0.29, 0.717) is 5.39 Å². The zero-order chi connectivity index (χ0) is 13.9. The molecule has 0 bridgehead atoms. The fraction of sp³-hybridized carbons (Fsp3) is 0.500. The van der Waals surface area contributed by atoms with Crippen LogP contribution in [0.15, 0.2) is 24.4 Å². The van der Waals surface area contributed by atoms with Crippen molar-refractivity contribution in [1.82, 2.24) is 14.8 Å². The van der Waals surface area contributed by atoms with Crippen molar-refractivity contribution in [2.45, 2.75) is 12.8 Å².